The van der Waals surface area contributed by atoms with Crippen LogP contribution in [0.15, 0.2) is 42.5 Å². The average molecular weight is 478 g/mol. The summed E-state index contributed by atoms with van der Waals surface area (Å²) in [4.78, 5) is 15.1. The smallest absolute Gasteiger partial charge is 0.244 e. The van der Waals surface area contributed by atoms with Crippen molar-refractivity contribution in [1.82, 2.24) is 10.2 Å². The van der Waals surface area contributed by atoms with Crippen LogP contribution in [0.1, 0.15) is 42.5 Å². The molecule has 3 rings (SSSR count). The summed E-state index contributed by atoms with van der Waals surface area (Å²) < 4.78 is 30.5. The Kier molecular flexibility index (Phi) is 8.17. The fraction of sp³-hybridized carbons (Fsp3) is 0.435. The molecule has 1 aliphatic heterocycles. The van der Waals surface area contributed by atoms with Crippen molar-refractivity contribution in [2.24, 2.45) is 0 Å². The average Bonchev–Trinajstić information content (AvgIpc) is 2.80. The normalized spacial score (nSPS) is 16.2. The van der Waals surface area contributed by atoms with Gasteiger partial charge in [-0.2, -0.15) is 0 Å². The molecule has 0 radical (unpaired) electrons. The summed E-state index contributed by atoms with van der Waals surface area (Å²) in [6.07, 6.45) is 2.97. The minimum absolute atomic E-state index is 0.0230. The van der Waals surface area contributed by atoms with Crippen LogP contribution in [0.3, 0.4) is 0 Å². The number of phenolic OH excluding ortho intramolecular Hbond substituents is 1. The molecule has 33 heavy (non-hydrogen) atoms. The number of carbonyl (C=O) groups excluding carboxylic acids is 1. The molecule has 2 aromatic carbocycles. The molecule has 9 nitrogen and oxygen atoms in total. The second-order valence-electron chi connectivity index (χ2n) is 8.17. The van der Waals surface area contributed by atoms with Crippen molar-refractivity contribution < 1.29 is 28.2 Å². The number of piperidine rings is 1. The molecule has 0 unspecified atom stereocenters. The number of rotatable bonds is 9. The number of amides is 1. The van der Waals surface area contributed by atoms with E-state index in [2.05, 4.69) is 10.0 Å². The summed E-state index contributed by atoms with van der Waals surface area (Å²) >= 11 is 0. The first-order valence-electron chi connectivity index (χ1n) is 10.8. The number of hydrogen-bond donors (Lipinski definition) is 4. The molecule has 1 amide bonds. The second-order valence-corrected chi connectivity index (χ2v) is 9.92. The van der Waals surface area contributed by atoms with Crippen LogP contribution in [0.5, 0.6) is 11.5 Å². The summed E-state index contributed by atoms with van der Waals surface area (Å²) in [5, 5.41) is 23.8. The molecule has 0 aliphatic carbocycles. The highest BCUT2D eigenvalue weighted by atomic mass is 32.2. The number of sulfonamides is 1. The van der Waals surface area contributed by atoms with Crippen LogP contribution < -0.4 is 14.8 Å². The van der Waals surface area contributed by atoms with Crippen LogP contribution in [0.4, 0.5) is 5.69 Å². The third-order valence-corrected chi connectivity index (χ3v) is 6.17. The number of aromatic hydroxyl groups is 1. The van der Waals surface area contributed by atoms with Crippen LogP contribution in [0.2, 0.25) is 0 Å². The third-order valence-electron chi connectivity index (χ3n) is 5.58. The summed E-state index contributed by atoms with van der Waals surface area (Å²) in [7, 11) is -2.03. The molecule has 180 valence electrons. The Morgan fingerprint density at radius 2 is 1.73 bits per heavy atom. The van der Waals surface area contributed by atoms with Gasteiger partial charge < -0.3 is 19.8 Å². The number of anilines is 1. The Labute approximate surface area is 194 Å². The van der Waals surface area contributed by atoms with Gasteiger partial charge in [-0.05, 0) is 54.7 Å². The van der Waals surface area contributed by atoms with Gasteiger partial charge in [-0.3, -0.25) is 14.8 Å². The second kappa shape index (κ2) is 10.9. The SMILES string of the molecule is COc1ccc([C@@H](NC[C@@H](O)c2ccc(O)c(NS(C)(=O)=O)c2)C(=O)N2CCCCC2)cc1. The predicted octanol–water partition coefficient (Wildman–Crippen LogP) is 2.15. The molecule has 4 N–H and O–H groups in total. The van der Waals surface area contributed by atoms with Gasteiger partial charge in [0.05, 0.1) is 25.2 Å². The van der Waals surface area contributed by atoms with Crippen molar-refractivity contribution in [1.29, 1.82) is 0 Å². The predicted molar refractivity (Wildman–Crippen MR) is 126 cm³/mol. The number of ether oxygens (including phenoxy) is 1. The lowest BCUT2D eigenvalue weighted by Crippen LogP contribution is -2.44. The first-order chi connectivity index (χ1) is 15.7. The Balaban J connectivity index is 1.78. The molecule has 10 heteroatoms. The van der Waals surface area contributed by atoms with E-state index >= 15 is 0 Å². The first-order valence-corrected chi connectivity index (χ1v) is 12.7. The lowest BCUT2D eigenvalue weighted by molar-refractivity contribution is -0.134. The minimum atomic E-state index is -3.60. The first kappa shape index (κ1) is 24.8. The number of nitrogens with zero attached hydrogens (tertiary/aromatic N) is 1. The van der Waals surface area contributed by atoms with E-state index in [0.29, 0.717) is 24.4 Å². The summed E-state index contributed by atoms with van der Waals surface area (Å²) in [6.45, 7) is 1.45. The molecule has 2 atom stereocenters. The van der Waals surface area contributed by atoms with Gasteiger partial charge in [0.15, 0.2) is 0 Å². The van der Waals surface area contributed by atoms with Crippen LogP contribution in [-0.4, -0.2) is 62.4 Å². The Morgan fingerprint density at radius 1 is 1.09 bits per heavy atom. The fourth-order valence-corrected chi connectivity index (χ4v) is 4.39. The van der Waals surface area contributed by atoms with E-state index in [1.165, 1.54) is 18.2 Å². The van der Waals surface area contributed by atoms with Gasteiger partial charge >= 0.3 is 0 Å². The van der Waals surface area contributed by atoms with Gasteiger partial charge in [-0.15, -0.1) is 0 Å². The number of aliphatic hydroxyl groups is 1. The fourth-order valence-electron chi connectivity index (χ4n) is 3.83. The summed E-state index contributed by atoms with van der Waals surface area (Å²) in [5.74, 6) is 0.371. The zero-order chi connectivity index (χ0) is 24.0. The Bertz CT molecular complexity index is 1050. The number of methoxy groups -OCH3 is 1. The van der Waals surface area contributed by atoms with Crippen molar-refractivity contribution >= 4 is 21.6 Å². The molecular weight excluding hydrogens is 446 g/mol. The van der Waals surface area contributed by atoms with Crippen molar-refractivity contribution in [3.63, 3.8) is 0 Å². The van der Waals surface area contributed by atoms with Crippen LogP contribution in [-0.2, 0) is 14.8 Å². The van der Waals surface area contributed by atoms with Gasteiger partial charge in [0.25, 0.3) is 0 Å². The Hall–Kier alpha value is -2.82. The number of benzene rings is 2. The number of hydrogen-bond acceptors (Lipinski definition) is 7. The topological polar surface area (TPSA) is 128 Å². The van der Waals surface area contributed by atoms with E-state index in [4.69, 9.17) is 4.74 Å². The van der Waals surface area contributed by atoms with Gasteiger partial charge in [0.2, 0.25) is 15.9 Å². The minimum Gasteiger partial charge on any atom is -0.506 e. The maximum Gasteiger partial charge on any atom is 0.244 e. The van der Waals surface area contributed by atoms with Crippen molar-refractivity contribution in [2.45, 2.75) is 31.4 Å². The van der Waals surface area contributed by atoms with E-state index in [9.17, 15) is 23.4 Å². The number of likely N-dealkylation sites (tertiary alicyclic amines) is 1. The van der Waals surface area contributed by atoms with Crippen LogP contribution in [0.25, 0.3) is 0 Å². The third kappa shape index (κ3) is 6.83. The van der Waals surface area contributed by atoms with E-state index in [1.54, 1.807) is 19.2 Å². The molecular formula is C23H31N3O6S. The van der Waals surface area contributed by atoms with Crippen molar-refractivity contribution in [3.05, 3.63) is 53.6 Å². The van der Waals surface area contributed by atoms with E-state index in [0.717, 1.165) is 31.1 Å². The highest BCUT2D eigenvalue weighted by Crippen LogP contribution is 2.28. The Morgan fingerprint density at radius 3 is 2.33 bits per heavy atom. The monoisotopic (exact) mass is 477 g/mol. The molecule has 1 heterocycles. The number of aliphatic hydroxyl groups excluding tert-OH is 1. The number of carbonyl (C=O) groups is 1. The molecule has 1 saturated heterocycles. The molecule has 1 fully saturated rings. The maximum absolute atomic E-state index is 13.3. The van der Waals surface area contributed by atoms with Gasteiger partial charge in [0.1, 0.15) is 17.5 Å². The van der Waals surface area contributed by atoms with Gasteiger partial charge in [0, 0.05) is 19.6 Å². The van der Waals surface area contributed by atoms with E-state index in [1.807, 2.05) is 17.0 Å². The molecule has 0 saturated carbocycles. The summed E-state index contributed by atoms with van der Waals surface area (Å²) in [6, 6.07) is 10.7. The van der Waals surface area contributed by atoms with Crippen LogP contribution >= 0.6 is 0 Å². The quantitative estimate of drug-likeness (QED) is 0.408. The van der Waals surface area contributed by atoms with Crippen molar-refractivity contribution in [2.75, 3.05) is 37.7 Å². The number of nitrogens with one attached hydrogen (secondary N) is 2. The molecule has 0 aromatic heterocycles. The highest BCUT2D eigenvalue weighted by molar-refractivity contribution is 7.92. The van der Waals surface area contributed by atoms with Crippen LogP contribution in [0, 0.1) is 0 Å². The zero-order valence-electron chi connectivity index (χ0n) is 18.8. The van der Waals surface area contributed by atoms with Crippen molar-refractivity contribution in [3.8, 4) is 11.5 Å². The number of phenols is 1. The lowest BCUT2D eigenvalue weighted by atomic mass is 10.0. The van der Waals surface area contributed by atoms with E-state index < -0.39 is 22.2 Å². The summed E-state index contributed by atoms with van der Waals surface area (Å²) in [5.41, 5.74) is 1.12. The zero-order valence-corrected chi connectivity index (χ0v) is 19.6. The standard InChI is InChI=1S/C23H31N3O6S/c1-32-18-9-6-16(7-10-18)22(23(29)26-12-4-3-5-13-26)24-15-21(28)17-8-11-20(27)19(14-17)25-33(2,30)31/h6-11,14,21-22,24-25,27-28H,3-5,12-13,15H2,1-2H3/t21-,22-/m1/s1. The lowest BCUT2D eigenvalue weighted by Gasteiger charge is -2.31. The highest BCUT2D eigenvalue weighted by Gasteiger charge is 2.27. The molecule has 1 aliphatic rings. The molecule has 0 spiro atoms. The van der Waals surface area contributed by atoms with Gasteiger partial charge in [-0.1, -0.05) is 18.2 Å². The molecule has 0 bridgehead atoms. The largest absolute Gasteiger partial charge is 0.506 e. The maximum atomic E-state index is 13.3. The molecule has 2 aromatic rings. The van der Waals surface area contributed by atoms with Gasteiger partial charge in [-0.25, -0.2) is 8.42 Å². The van der Waals surface area contributed by atoms with E-state index in [-0.39, 0.29) is 23.9 Å².